The zero-order chi connectivity index (χ0) is 34.4. The van der Waals surface area contributed by atoms with Crippen molar-refractivity contribution in [2.45, 2.75) is 67.6 Å². The van der Waals surface area contributed by atoms with Gasteiger partial charge in [-0.05, 0) is 17.7 Å². The third kappa shape index (κ3) is 5.76. The van der Waals surface area contributed by atoms with E-state index in [1.807, 2.05) is 42.5 Å². The monoisotopic (exact) mass is 674 g/mol. The minimum absolute atomic E-state index is 0.170. The molecule has 0 aromatic heterocycles. The average molecular weight is 675 g/mol. The molecular weight excluding hydrogens is 640 g/mol. The number of carbonyl (C=O) groups is 2. The fourth-order valence-electron chi connectivity index (χ4n) is 6.91. The SMILES string of the molecule is COc1ccc2c(c1OC)OC1c3cc4c(cc3OC(Cc3ccccc3)C21)OC1OC(COC(=O)CC(=O)O)C(O)(CC#C4)C(O)C1O. The lowest BCUT2D eigenvalue weighted by atomic mass is 9.80. The number of fused-ring (bicyclic) bond motifs is 8. The molecule has 8 atom stereocenters. The van der Waals surface area contributed by atoms with Crippen LogP contribution in [0.15, 0.2) is 54.6 Å². The van der Waals surface area contributed by atoms with Gasteiger partial charge in [0, 0.05) is 30.0 Å². The molecule has 3 aromatic rings. The van der Waals surface area contributed by atoms with Crippen molar-refractivity contribution in [1.29, 1.82) is 0 Å². The maximum absolute atomic E-state index is 11.9. The van der Waals surface area contributed by atoms with E-state index in [2.05, 4.69) is 11.8 Å². The number of esters is 1. The van der Waals surface area contributed by atoms with Crippen LogP contribution in [-0.4, -0.2) is 89.5 Å². The molecule has 0 aliphatic carbocycles. The topological polar surface area (TPSA) is 180 Å². The van der Waals surface area contributed by atoms with Crippen molar-refractivity contribution in [3.8, 4) is 40.6 Å². The number of carbonyl (C=O) groups excluding carboxylic acids is 1. The van der Waals surface area contributed by atoms with Crippen LogP contribution in [0.5, 0.6) is 28.7 Å². The first kappa shape index (κ1) is 32.5. The molecule has 4 N–H and O–H groups in total. The molecule has 8 unspecified atom stereocenters. The smallest absolute Gasteiger partial charge is 0.317 e. The van der Waals surface area contributed by atoms with Gasteiger partial charge in [0.1, 0.15) is 60.6 Å². The van der Waals surface area contributed by atoms with E-state index in [1.54, 1.807) is 26.4 Å². The molecule has 5 aliphatic rings. The van der Waals surface area contributed by atoms with Gasteiger partial charge in [-0.2, -0.15) is 0 Å². The highest BCUT2D eigenvalue weighted by atomic mass is 16.7. The molecule has 0 amide bonds. The van der Waals surface area contributed by atoms with Crippen LogP contribution in [0, 0.1) is 11.8 Å². The zero-order valence-electron chi connectivity index (χ0n) is 26.5. The molecule has 5 aliphatic heterocycles. The van der Waals surface area contributed by atoms with Gasteiger partial charge in [0.25, 0.3) is 0 Å². The summed E-state index contributed by atoms with van der Waals surface area (Å²) in [6.07, 6.45) is -8.13. The summed E-state index contributed by atoms with van der Waals surface area (Å²) in [5.74, 6) is 5.31. The van der Waals surface area contributed by atoms with Crippen LogP contribution in [0.4, 0.5) is 0 Å². The fourth-order valence-corrected chi connectivity index (χ4v) is 6.91. The van der Waals surface area contributed by atoms with Crippen molar-refractivity contribution in [3.63, 3.8) is 0 Å². The molecule has 1 saturated heterocycles. The standard InChI is InChI=1S/C36H34O13/c1-43-22-11-10-20-29-25(13-18-7-4-3-5-8-18)46-24-15-23-19(14-21(24)31(29)49-32(20)33(22)44-2)9-6-12-36(42)26(17-45-28(39)16-27(37)38)48-35(47-23)30(40)34(36)41/h3-5,7-8,10-11,14-15,25-26,29-31,34-35,40-42H,12-13,16-17H2,1-2H3,(H,37,38). The molecule has 2 bridgehead atoms. The summed E-state index contributed by atoms with van der Waals surface area (Å²) in [7, 11) is 3.11. The molecule has 13 nitrogen and oxygen atoms in total. The lowest BCUT2D eigenvalue weighted by molar-refractivity contribution is -0.312. The summed E-state index contributed by atoms with van der Waals surface area (Å²) in [6.45, 7) is -0.621. The van der Waals surface area contributed by atoms with Crippen molar-refractivity contribution in [2.24, 2.45) is 0 Å². The van der Waals surface area contributed by atoms with Crippen LogP contribution >= 0.6 is 0 Å². The lowest BCUT2D eigenvalue weighted by Crippen LogP contribution is -2.68. The summed E-state index contributed by atoms with van der Waals surface area (Å²) in [5, 5.41) is 42.3. The molecule has 0 spiro atoms. The molecule has 0 saturated carbocycles. The van der Waals surface area contributed by atoms with E-state index in [0.29, 0.717) is 40.5 Å². The highest BCUT2D eigenvalue weighted by Gasteiger charge is 2.56. The van der Waals surface area contributed by atoms with Crippen LogP contribution in [0.1, 0.15) is 47.1 Å². The first-order valence-corrected chi connectivity index (χ1v) is 15.7. The Morgan fingerprint density at radius 2 is 1.78 bits per heavy atom. The Bertz CT molecular complexity index is 1830. The van der Waals surface area contributed by atoms with Crippen molar-refractivity contribution in [2.75, 3.05) is 20.8 Å². The summed E-state index contributed by atoms with van der Waals surface area (Å²) < 4.78 is 41.6. The minimum atomic E-state index is -2.19. The predicted octanol–water partition coefficient (Wildman–Crippen LogP) is 2.25. The molecular formula is C36H34O13. The summed E-state index contributed by atoms with van der Waals surface area (Å²) in [6, 6.07) is 17.1. The van der Waals surface area contributed by atoms with E-state index in [9.17, 15) is 24.9 Å². The van der Waals surface area contributed by atoms with E-state index in [4.69, 9.17) is 38.3 Å². The lowest BCUT2D eigenvalue weighted by Gasteiger charge is -2.47. The molecule has 49 heavy (non-hydrogen) atoms. The van der Waals surface area contributed by atoms with Crippen molar-refractivity contribution >= 4 is 11.9 Å². The Kier molecular flexibility index (Phi) is 8.50. The van der Waals surface area contributed by atoms with Crippen molar-refractivity contribution in [1.82, 2.24) is 0 Å². The molecule has 256 valence electrons. The molecule has 1 fully saturated rings. The van der Waals surface area contributed by atoms with Crippen molar-refractivity contribution < 1.29 is 63.2 Å². The second-order valence-electron chi connectivity index (χ2n) is 12.3. The molecule has 3 aromatic carbocycles. The predicted molar refractivity (Wildman–Crippen MR) is 168 cm³/mol. The van der Waals surface area contributed by atoms with Crippen LogP contribution < -0.4 is 23.7 Å². The fraction of sp³-hybridized carbons (Fsp3) is 0.389. The number of rotatable bonds is 8. The number of carboxylic acids is 1. The number of hydrogen-bond acceptors (Lipinski definition) is 12. The molecule has 0 radical (unpaired) electrons. The maximum Gasteiger partial charge on any atom is 0.317 e. The van der Waals surface area contributed by atoms with E-state index >= 15 is 0 Å². The van der Waals surface area contributed by atoms with Gasteiger partial charge in [-0.3, -0.25) is 9.59 Å². The van der Waals surface area contributed by atoms with E-state index in [1.165, 1.54) is 0 Å². The number of aliphatic hydroxyl groups is 3. The van der Waals surface area contributed by atoms with Gasteiger partial charge >= 0.3 is 11.9 Å². The first-order valence-electron chi connectivity index (χ1n) is 15.7. The summed E-state index contributed by atoms with van der Waals surface area (Å²) >= 11 is 0. The van der Waals surface area contributed by atoms with Gasteiger partial charge < -0.3 is 53.6 Å². The van der Waals surface area contributed by atoms with Gasteiger partial charge in [0.05, 0.1) is 25.7 Å². The van der Waals surface area contributed by atoms with E-state index < -0.39 is 67.7 Å². The Labute approximate surface area is 280 Å². The number of carboxylic acid groups (broad SMARTS) is 1. The zero-order valence-corrected chi connectivity index (χ0v) is 26.5. The number of aliphatic carboxylic acids is 1. The van der Waals surface area contributed by atoms with E-state index in [-0.39, 0.29) is 17.8 Å². The third-order valence-electron chi connectivity index (χ3n) is 9.34. The summed E-state index contributed by atoms with van der Waals surface area (Å²) in [5.41, 5.74) is 0.842. The third-order valence-corrected chi connectivity index (χ3v) is 9.34. The largest absolute Gasteiger partial charge is 0.493 e. The van der Waals surface area contributed by atoms with Crippen LogP contribution in [-0.2, 0) is 25.5 Å². The minimum Gasteiger partial charge on any atom is -0.493 e. The molecule has 5 heterocycles. The second kappa shape index (κ2) is 12.8. The highest BCUT2D eigenvalue weighted by molar-refractivity contribution is 5.90. The Morgan fingerprint density at radius 1 is 0.980 bits per heavy atom. The van der Waals surface area contributed by atoms with Crippen LogP contribution in [0.2, 0.25) is 0 Å². The van der Waals surface area contributed by atoms with Crippen LogP contribution in [0.3, 0.4) is 0 Å². The summed E-state index contributed by atoms with van der Waals surface area (Å²) in [4.78, 5) is 22.9. The normalized spacial score (nSPS) is 28.8. The maximum atomic E-state index is 11.9. The van der Waals surface area contributed by atoms with Gasteiger partial charge in [0.15, 0.2) is 11.5 Å². The van der Waals surface area contributed by atoms with Crippen molar-refractivity contribution in [3.05, 3.63) is 76.9 Å². The molecule has 8 rings (SSSR count). The first-order chi connectivity index (χ1) is 23.6. The Hall–Kier alpha value is -5.00. The number of methoxy groups -OCH3 is 2. The molecule has 13 heteroatoms. The van der Waals surface area contributed by atoms with Gasteiger partial charge in [-0.1, -0.05) is 48.2 Å². The second-order valence-corrected chi connectivity index (χ2v) is 12.3. The number of ether oxygens (including phenoxy) is 7. The number of benzene rings is 3. The number of hydrogen-bond donors (Lipinski definition) is 4. The quantitative estimate of drug-likeness (QED) is 0.155. The average Bonchev–Trinajstić information content (AvgIpc) is 3.48. The van der Waals surface area contributed by atoms with Gasteiger partial charge in [-0.15, -0.1) is 0 Å². The highest BCUT2D eigenvalue weighted by Crippen LogP contribution is 2.59. The van der Waals surface area contributed by atoms with Gasteiger partial charge in [-0.25, -0.2) is 0 Å². The van der Waals surface area contributed by atoms with Crippen LogP contribution in [0.25, 0.3) is 0 Å². The van der Waals surface area contributed by atoms with Gasteiger partial charge in [0.2, 0.25) is 12.0 Å². The van der Waals surface area contributed by atoms with E-state index in [0.717, 1.165) is 11.1 Å². The Balaban J connectivity index is 1.27. The Morgan fingerprint density at radius 3 is 2.51 bits per heavy atom. The number of aliphatic hydroxyl groups excluding tert-OH is 2.